The monoisotopic (exact) mass is 357 g/mol. The van der Waals surface area contributed by atoms with E-state index >= 15 is 0 Å². The summed E-state index contributed by atoms with van der Waals surface area (Å²) in [5.41, 5.74) is -1.19. The van der Waals surface area contributed by atoms with E-state index in [1.807, 2.05) is 0 Å². The molecule has 1 aromatic heterocycles. The SMILES string of the molecule is CCn1c(O)c(/N=N/c2ccc(OC)cc2[N+](=O)[O-])c(C)c(C#N)c1=O. The predicted octanol–water partition coefficient (Wildman–Crippen LogP) is 3.09. The van der Waals surface area contributed by atoms with E-state index in [0.717, 1.165) is 4.57 Å². The van der Waals surface area contributed by atoms with Crippen LogP contribution in [0.25, 0.3) is 0 Å². The first-order chi connectivity index (χ1) is 12.3. The molecule has 0 unspecified atom stereocenters. The van der Waals surface area contributed by atoms with E-state index in [0.29, 0.717) is 0 Å². The zero-order chi connectivity index (χ0) is 19.4. The number of rotatable bonds is 5. The van der Waals surface area contributed by atoms with Gasteiger partial charge in [-0.1, -0.05) is 0 Å². The second-order valence-electron chi connectivity index (χ2n) is 5.15. The maximum absolute atomic E-state index is 12.1. The molecule has 26 heavy (non-hydrogen) atoms. The van der Waals surface area contributed by atoms with E-state index in [1.165, 1.54) is 32.2 Å². The van der Waals surface area contributed by atoms with Crippen LogP contribution >= 0.6 is 0 Å². The van der Waals surface area contributed by atoms with Crippen LogP contribution in [-0.4, -0.2) is 21.7 Å². The summed E-state index contributed by atoms with van der Waals surface area (Å²) in [6.45, 7) is 3.17. The van der Waals surface area contributed by atoms with Gasteiger partial charge in [-0.3, -0.25) is 19.5 Å². The molecule has 1 aromatic carbocycles. The zero-order valence-electron chi connectivity index (χ0n) is 14.3. The molecular weight excluding hydrogens is 342 g/mol. The van der Waals surface area contributed by atoms with Crippen molar-refractivity contribution in [1.29, 1.82) is 5.26 Å². The fourth-order valence-electron chi connectivity index (χ4n) is 2.32. The van der Waals surface area contributed by atoms with Crippen LogP contribution in [0.2, 0.25) is 0 Å². The Balaban J connectivity index is 2.65. The van der Waals surface area contributed by atoms with E-state index in [2.05, 4.69) is 10.2 Å². The van der Waals surface area contributed by atoms with Gasteiger partial charge in [0.1, 0.15) is 17.4 Å². The Hall–Kier alpha value is -3.74. The lowest BCUT2D eigenvalue weighted by atomic mass is 10.1. The molecule has 0 spiro atoms. The van der Waals surface area contributed by atoms with Crippen LogP contribution in [0, 0.1) is 28.4 Å². The molecule has 0 fully saturated rings. The van der Waals surface area contributed by atoms with Crippen LogP contribution in [0.1, 0.15) is 18.1 Å². The standard InChI is InChI=1S/C16H15N5O5/c1-4-20-15(22)11(8-17)9(2)14(16(20)23)19-18-12-6-5-10(26-3)7-13(12)21(24)25/h5-7,23H,4H2,1-3H3/b19-18+. The Morgan fingerprint density at radius 1 is 1.42 bits per heavy atom. The van der Waals surface area contributed by atoms with E-state index in [9.17, 15) is 25.3 Å². The lowest BCUT2D eigenvalue weighted by molar-refractivity contribution is -0.384. The second kappa shape index (κ2) is 7.43. The fraction of sp³-hybridized carbons (Fsp3) is 0.250. The minimum absolute atomic E-state index is 0.0673. The van der Waals surface area contributed by atoms with Gasteiger partial charge < -0.3 is 9.84 Å². The van der Waals surface area contributed by atoms with Crippen LogP contribution in [0.3, 0.4) is 0 Å². The number of ether oxygens (including phenoxy) is 1. The Morgan fingerprint density at radius 2 is 2.12 bits per heavy atom. The molecule has 1 heterocycles. The van der Waals surface area contributed by atoms with Gasteiger partial charge in [-0.25, -0.2) is 0 Å². The van der Waals surface area contributed by atoms with Crippen molar-refractivity contribution in [3.63, 3.8) is 0 Å². The number of pyridine rings is 1. The number of methoxy groups -OCH3 is 1. The number of nitriles is 1. The van der Waals surface area contributed by atoms with E-state index < -0.39 is 16.4 Å². The summed E-state index contributed by atoms with van der Waals surface area (Å²) < 4.78 is 5.92. The summed E-state index contributed by atoms with van der Waals surface area (Å²) in [7, 11) is 1.37. The van der Waals surface area contributed by atoms with Gasteiger partial charge >= 0.3 is 0 Å². The topological polar surface area (TPSA) is 143 Å². The maximum atomic E-state index is 12.1. The molecule has 0 atom stereocenters. The third-order valence-electron chi connectivity index (χ3n) is 3.72. The molecule has 0 aliphatic carbocycles. The van der Waals surface area contributed by atoms with Crippen molar-refractivity contribution < 1.29 is 14.8 Å². The van der Waals surface area contributed by atoms with Gasteiger partial charge in [0.25, 0.3) is 11.2 Å². The number of aromatic hydroxyl groups is 1. The minimum atomic E-state index is -0.642. The Morgan fingerprint density at radius 3 is 2.65 bits per heavy atom. The lowest BCUT2D eigenvalue weighted by Gasteiger charge is -2.11. The molecular formula is C16H15N5O5. The van der Waals surface area contributed by atoms with Gasteiger partial charge in [0, 0.05) is 12.1 Å². The molecule has 0 radical (unpaired) electrons. The van der Waals surface area contributed by atoms with Crippen molar-refractivity contribution in [3.8, 4) is 17.7 Å². The van der Waals surface area contributed by atoms with Crippen LogP contribution < -0.4 is 10.3 Å². The molecule has 1 N–H and O–H groups in total. The molecule has 0 saturated heterocycles. The number of nitro groups is 1. The van der Waals surface area contributed by atoms with E-state index in [4.69, 9.17) is 4.74 Å². The number of hydrogen-bond acceptors (Lipinski definition) is 8. The first kappa shape index (κ1) is 18.6. The molecule has 10 heteroatoms. The van der Waals surface area contributed by atoms with Gasteiger partial charge in [-0.05, 0) is 26.0 Å². The molecule has 134 valence electrons. The highest BCUT2D eigenvalue weighted by atomic mass is 16.6. The molecule has 2 rings (SSSR count). The molecule has 0 aliphatic rings. The average Bonchev–Trinajstić information content (AvgIpc) is 2.62. The largest absolute Gasteiger partial charge is 0.496 e. The first-order valence-electron chi connectivity index (χ1n) is 7.46. The smallest absolute Gasteiger partial charge is 0.300 e. The summed E-state index contributed by atoms with van der Waals surface area (Å²) in [6.07, 6.45) is 0. The summed E-state index contributed by atoms with van der Waals surface area (Å²) in [5, 5.41) is 38.3. The molecule has 10 nitrogen and oxygen atoms in total. The number of nitro benzene ring substituents is 1. The number of nitrogens with zero attached hydrogens (tertiary/aromatic N) is 5. The Kier molecular flexibility index (Phi) is 5.32. The summed E-state index contributed by atoms with van der Waals surface area (Å²) in [5.74, 6) is -0.185. The summed E-state index contributed by atoms with van der Waals surface area (Å²) in [4.78, 5) is 22.7. The Bertz CT molecular complexity index is 1000. The van der Waals surface area contributed by atoms with E-state index in [-0.39, 0.29) is 40.5 Å². The van der Waals surface area contributed by atoms with Gasteiger partial charge in [-0.2, -0.15) is 5.26 Å². The number of benzene rings is 1. The van der Waals surface area contributed by atoms with E-state index in [1.54, 1.807) is 13.0 Å². The minimum Gasteiger partial charge on any atom is -0.496 e. The quantitative estimate of drug-likeness (QED) is 0.495. The number of azo groups is 1. The van der Waals surface area contributed by atoms with Crippen LogP contribution in [0.4, 0.5) is 17.1 Å². The van der Waals surface area contributed by atoms with Crippen molar-refractivity contribution in [2.45, 2.75) is 20.4 Å². The third kappa shape index (κ3) is 3.23. The summed E-state index contributed by atoms with van der Waals surface area (Å²) >= 11 is 0. The maximum Gasteiger partial charge on any atom is 0.300 e. The van der Waals surface area contributed by atoms with Crippen molar-refractivity contribution in [1.82, 2.24) is 4.57 Å². The molecule has 0 aliphatic heterocycles. The fourth-order valence-corrected chi connectivity index (χ4v) is 2.32. The normalized spacial score (nSPS) is 10.7. The van der Waals surface area contributed by atoms with Crippen LogP contribution in [-0.2, 0) is 6.54 Å². The van der Waals surface area contributed by atoms with Gasteiger partial charge in [-0.15, -0.1) is 10.2 Å². The van der Waals surface area contributed by atoms with Gasteiger partial charge in [0.2, 0.25) is 5.88 Å². The van der Waals surface area contributed by atoms with Crippen molar-refractivity contribution >= 4 is 17.1 Å². The van der Waals surface area contributed by atoms with Crippen molar-refractivity contribution in [2.75, 3.05) is 7.11 Å². The molecule has 0 amide bonds. The van der Waals surface area contributed by atoms with Crippen LogP contribution in [0.15, 0.2) is 33.2 Å². The average molecular weight is 357 g/mol. The number of hydrogen-bond donors (Lipinski definition) is 1. The predicted molar refractivity (Wildman–Crippen MR) is 91.3 cm³/mol. The summed E-state index contributed by atoms with van der Waals surface area (Å²) in [6, 6.07) is 5.78. The highest BCUT2D eigenvalue weighted by molar-refractivity contribution is 5.62. The van der Waals surface area contributed by atoms with Crippen LogP contribution in [0.5, 0.6) is 11.6 Å². The lowest BCUT2D eigenvalue weighted by Crippen LogP contribution is -2.23. The van der Waals surface area contributed by atoms with Crippen molar-refractivity contribution in [2.24, 2.45) is 10.2 Å². The highest BCUT2D eigenvalue weighted by Crippen LogP contribution is 2.35. The third-order valence-corrected chi connectivity index (χ3v) is 3.72. The first-order valence-corrected chi connectivity index (χ1v) is 7.46. The molecule has 2 aromatic rings. The molecule has 0 bridgehead atoms. The zero-order valence-corrected chi connectivity index (χ0v) is 14.3. The number of aromatic nitrogens is 1. The molecule has 0 saturated carbocycles. The second-order valence-corrected chi connectivity index (χ2v) is 5.15. The van der Waals surface area contributed by atoms with Crippen molar-refractivity contribution in [3.05, 3.63) is 49.8 Å². The highest BCUT2D eigenvalue weighted by Gasteiger charge is 2.19. The van der Waals surface area contributed by atoms with Gasteiger partial charge in [0.15, 0.2) is 11.4 Å². The van der Waals surface area contributed by atoms with Gasteiger partial charge in [0.05, 0.1) is 18.1 Å². The Labute approximate surface area is 147 Å².